The average Bonchev–Trinajstić information content (AvgIpc) is 2.88. The summed E-state index contributed by atoms with van der Waals surface area (Å²) in [5.74, 6) is 13.3. The Morgan fingerprint density at radius 1 is 0.405 bits per heavy atom. The first-order valence-electron chi connectivity index (χ1n) is 14.7. The molecule has 0 N–H and O–H groups in total. The molecule has 218 valence electrons. The summed E-state index contributed by atoms with van der Waals surface area (Å²) in [6.45, 7) is 26.4. The van der Waals surface area contributed by atoms with Gasteiger partial charge < -0.3 is 0 Å². The van der Waals surface area contributed by atoms with E-state index in [1.165, 1.54) is 22.3 Å². The topological polar surface area (TPSA) is 34.1 Å². The molecule has 0 aliphatic rings. The maximum Gasteiger partial charge on any atom is 0.150 e. The predicted octanol–water partition coefficient (Wildman–Crippen LogP) is 9.30. The van der Waals surface area contributed by atoms with E-state index in [-0.39, 0.29) is 21.7 Å². The third kappa shape index (κ3) is 8.11. The Kier molecular flexibility index (Phi) is 9.15. The summed E-state index contributed by atoms with van der Waals surface area (Å²) in [7, 11) is 0. The Balaban J connectivity index is 2.24. The number of carbonyl (C=O) groups is 2. The van der Waals surface area contributed by atoms with E-state index >= 15 is 0 Å². The quantitative estimate of drug-likeness (QED) is 0.232. The van der Waals surface area contributed by atoms with Crippen molar-refractivity contribution in [3.8, 4) is 23.7 Å². The molecule has 3 aromatic rings. The van der Waals surface area contributed by atoms with Crippen LogP contribution in [-0.4, -0.2) is 12.6 Å². The Morgan fingerprint density at radius 2 is 0.667 bits per heavy atom. The second-order valence-electron chi connectivity index (χ2n) is 15.4. The number of hydrogen-bond acceptors (Lipinski definition) is 2. The molecule has 0 heterocycles. The minimum absolute atomic E-state index is 0.0296. The molecule has 0 radical (unpaired) electrons. The molecule has 42 heavy (non-hydrogen) atoms. The highest BCUT2D eigenvalue weighted by atomic mass is 16.1. The first-order chi connectivity index (χ1) is 19.2. The summed E-state index contributed by atoms with van der Waals surface area (Å²) in [5, 5.41) is 0. The predicted molar refractivity (Wildman–Crippen MR) is 177 cm³/mol. The largest absolute Gasteiger partial charge is 0.298 e. The molecule has 0 unspecified atom stereocenters. The van der Waals surface area contributed by atoms with Gasteiger partial charge in [0.05, 0.1) is 0 Å². The lowest BCUT2D eigenvalue weighted by Crippen LogP contribution is -2.16. The highest BCUT2D eigenvalue weighted by molar-refractivity contribution is 5.91. The molecule has 0 amide bonds. The maximum absolute atomic E-state index is 11.8. The van der Waals surface area contributed by atoms with Crippen molar-refractivity contribution in [1.29, 1.82) is 0 Å². The van der Waals surface area contributed by atoms with Crippen molar-refractivity contribution in [3.05, 3.63) is 104 Å². The molecule has 0 aliphatic heterocycles. The Morgan fingerprint density at radius 3 is 0.881 bits per heavy atom. The normalized spacial score (nSPS) is 12.1. The van der Waals surface area contributed by atoms with Crippen molar-refractivity contribution >= 4 is 12.6 Å². The SMILES string of the molecule is CC(C)(C)c1cc(C#Cc2cc(C=O)c(C=O)cc2C#Cc2cc(C(C)(C)C)cc(C(C)(C)C)c2)cc(C(C)(C)C)c1. The smallest absolute Gasteiger partial charge is 0.150 e. The molecule has 0 atom stereocenters. The van der Waals surface area contributed by atoms with Gasteiger partial charge >= 0.3 is 0 Å². The molecule has 2 nitrogen and oxygen atoms in total. The van der Waals surface area contributed by atoms with Crippen molar-refractivity contribution in [2.75, 3.05) is 0 Å². The van der Waals surface area contributed by atoms with Crippen LogP contribution in [0, 0.1) is 23.7 Å². The first kappa shape index (κ1) is 32.6. The van der Waals surface area contributed by atoms with Crippen LogP contribution in [0.3, 0.4) is 0 Å². The lowest BCUT2D eigenvalue weighted by molar-refractivity contribution is 0.109. The molecular formula is C40H46O2. The molecule has 0 aliphatic carbocycles. The second kappa shape index (κ2) is 11.8. The van der Waals surface area contributed by atoms with E-state index in [2.05, 4.69) is 143 Å². The maximum atomic E-state index is 11.8. The zero-order valence-electron chi connectivity index (χ0n) is 27.6. The molecule has 2 heteroatoms. The lowest BCUT2D eigenvalue weighted by Gasteiger charge is -2.25. The minimum atomic E-state index is -0.0296. The average molecular weight is 559 g/mol. The molecule has 0 spiro atoms. The van der Waals surface area contributed by atoms with Gasteiger partial charge in [-0.3, -0.25) is 9.59 Å². The Hall–Kier alpha value is -3.88. The van der Waals surface area contributed by atoms with E-state index < -0.39 is 0 Å². The van der Waals surface area contributed by atoms with Gasteiger partial charge in [0.15, 0.2) is 12.6 Å². The summed E-state index contributed by atoms with van der Waals surface area (Å²) in [6.07, 6.45) is 1.40. The number of carbonyl (C=O) groups excluding carboxylic acids is 2. The van der Waals surface area contributed by atoms with Gasteiger partial charge in [-0.25, -0.2) is 0 Å². The van der Waals surface area contributed by atoms with E-state index in [4.69, 9.17) is 0 Å². The van der Waals surface area contributed by atoms with E-state index in [0.29, 0.717) is 34.8 Å². The van der Waals surface area contributed by atoms with Gasteiger partial charge in [-0.1, -0.05) is 119 Å². The number of benzene rings is 3. The monoisotopic (exact) mass is 558 g/mol. The van der Waals surface area contributed by atoms with Crippen LogP contribution in [-0.2, 0) is 21.7 Å². The zero-order chi connectivity index (χ0) is 31.7. The fourth-order valence-electron chi connectivity index (χ4n) is 4.45. The minimum Gasteiger partial charge on any atom is -0.298 e. The van der Waals surface area contributed by atoms with Crippen molar-refractivity contribution in [3.63, 3.8) is 0 Å². The van der Waals surface area contributed by atoms with E-state index in [9.17, 15) is 9.59 Å². The van der Waals surface area contributed by atoms with E-state index in [1.807, 2.05) is 0 Å². The number of aldehydes is 2. The third-order valence-corrected chi connectivity index (χ3v) is 7.49. The Labute approximate surface area is 254 Å². The van der Waals surface area contributed by atoms with Gasteiger partial charge in [-0.15, -0.1) is 0 Å². The Bertz CT molecular complexity index is 1440. The van der Waals surface area contributed by atoms with Crippen LogP contribution in [0.15, 0.2) is 48.5 Å². The highest BCUT2D eigenvalue weighted by Gasteiger charge is 2.21. The summed E-state index contributed by atoms with van der Waals surface area (Å²) in [4.78, 5) is 23.7. The zero-order valence-corrected chi connectivity index (χ0v) is 27.6. The van der Waals surface area contributed by atoms with Gasteiger partial charge in [-0.2, -0.15) is 0 Å². The van der Waals surface area contributed by atoms with Crippen LogP contribution in [0.25, 0.3) is 0 Å². The third-order valence-electron chi connectivity index (χ3n) is 7.49. The van der Waals surface area contributed by atoms with Gasteiger partial charge in [0.1, 0.15) is 0 Å². The van der Waals surface area contributed by atoms with Gasteiger partial charge in [0, 0.05) is 33.4 Å². The van der Waals surface area contributed by atoms with Crippen molar-refractivity contribution in [2.45, 2.75) is 105 Å². The van der Waals surface area contributed by atoms with Crippen LogP contribution in [0.1, 0.15) is 148 Å². The first-order valence-corrected chi connectivity index (χ1v) is 14.7. The molecular weight excluding hydrogens is 512 g/mol. The van der Waals surface area contributed by atoms with Crippen molar-refractivity contribution in [2.24, 2.45) is 0 Å². The van der Waals surface area contributed by atoms with E-state index in [0.717, 1.165) is 11.1 Å². The second-order valence-corrected chi connectivity index (χ2v) is 15.4. The van der Waals surface area contributed by atoms with Crippen LogP contribution in [0.4, 0.5) is 0 Å². The fraction of sp³-hybridized carbons (Fsp3) is 0.400. The van der Waals surface area contributed by atoms with Gasteiger partial charge in [0.2, 0.25) is 0 Å². The standard InChI is InChI=1S/C40H46O2/c1-37(2,3)33-17-27(18-34(23-33)38(4,5)6)13-15-29-21-31(25-41)32(26-42)22-30(29)16-14-28-19-35(39(7,8)9)24-36(20-28)40(10,11)12/h17-26H,1-12H3. The van der Waals surface area contributed by atoms with Crippen LogP contribution >= 0.6 is 0 Å². The van der Waals surface area contributed by atoms with Crippen LogP contribution in [0.2, 0.25) is 0 Å². The number of rotatable bonds is 2. The molecule has 3 aromatic carbocycles. The van der Waals surface area contributed by atoms with Gasteiger partial charge in [0.25, 0.3) is 0 Å². The highest BCUT2D eigenvalue weighted by Crippen LogP contribution is 2.31. The summed E-state index contributed by atoms with van der Waals surface area (Å²) >= 11 is 0. The van der Waals surface area contributed by atoms with Crippen molar-refractivity contribution < 1.29 is 9.59 Å². The molecule has 0 aromatic heterocycles. The molecule has 3 rings (SSSR count). The van der Waals surface area contributed by atoms with E-state index in [1.54, 1.807) is 12.1 Å². The summed E-state index contributed by atoms with van der Waals surface area (Å²) in [5.41, 5.74) is 8.44. The summed E-state index contributed by atoms with van der Waals surface area (Å²) in [6, 6.07) is 16.4. The van der Waals surface area contributed by atoms with Crippen molar-refractivity contribution in [1.82, 2.24) is 0 Å². The van der Waals surface area contributed by atoms with Crippen LogP contribution in [0.5, 0.6) is 0 Å². The molecule has 0 bridgehead atoms. The number of hydrogen-bond donors (Lipinski definition) is 0. The molecule has 0 saturated heterocycles. The van der Waals surface area contributed by atoms with Gasteiger partial charge in [-0.05, 0) is 80.3 Å². The summed E-state index contributed by atoms with van der Waals surface area (Å²) < 4.78 is 0. The molecule has 0 fully saturated rings. The lowest BCUT2D eigenvalue weighted by atomic mass is 9.79. The molecule has 0 saturated carbocycles. The fourth-order valence-corrected chi connectivity index (χ4v) is 4.45. The van der Waals surface area contributed by atoms with Crippen LogP contribution < -0.4 is 0 Å².